The van der Waals surface area contributed by atoms with Gasteiger partial charge in [-0.15, -0.1) is 0 Å². The predicted molar refractivity (Wildman–Crippen MR) is 120 cm³/mol. The molecule has 0 heterocycles. The molecule has 0 radical (unpaired) electrons. The van der Waals surface area contributed by atoms with Gasteiger partial charge in [-0.2, -0.15) is 0 Å². The Balaban J connectivity index is 2.17. The molecular weight excluding hydrogens is 412 g/mol. The Labute approximate surface area is 189 Å². The van der Waals surface area contributed by atoms with Crippen molar-refractivity contribution in [3.63, 3.8) is 0 Å². The van der Waals surface area contributed by atoms with Crippen LogP contribution in [0.1, 0.15) is 50.0 Å². The smallest absolute Gasteiger partial charge is 0.138 e. The van der Waals surface area contributed by atoms with Gasteiger partial charge < -0.3 is 29.9 Å². The van der Waals surface area contributed by atoms with Crippen LogP contribution in [0.25, 0.3) is 0 Å². The summed E-state index contributed by atoms with van der Waals surface area (Å²) in [5, 5.41) is 40.6. The minimum Gasteiger partial charge on any atom is -0.394 e. The monoisotopic (exact) mass is 446 g/mol. The summed E-state index contributed by atoms with van der Waals surface area (Å²) in [6, 6.07) is 18.0. The molecule has 0 spiro atoms. The van der Waals surface area contributed by atoms with Crippen LogP contribution in [0, 0.1) is 0 Å². The highest BCUT2D eigenvalue weighted by molar-refractivity contribution is 5.80. The van der Waals surface area contributed by atoms with E-state index < -0.39 is 23.4 Å². The van der Waals surface area contributed by atoms with E-state index in [-0.39, 0.29) is 45.1 Å². The van der Waals surface area contributed by atoms with Gasteiger partial charge >= 0.3 is 0 Å². The summed E-state index contributed by atoms with van der Waals surface area (Å²) in [5.74, 6) is -0.373. The van der Waals surface area contributed by atoms with E-state index in [0.29, 0.717) is 11.1 Å². The molecule has 7 heteroatoms. The molecule has 4 unspecified atom stereocenters. The van der Waals surface area contributed by atoms with Crippen molar-refractivity contribution in [1.82, 2.24) is 0 Å². The van der Waals surface area contributed by atoms with E-state index in [2.05, 4.69) is 0 Å². The first-order valence-electron chi connectivity index (χ1n) is 10.7. The van der Waals surface area contributed by atoms with E-state index in [1.165, 1.54) is 13.8 Å². The molecule has 0 aromatic heterocycles. The normalized spacial score (nSPS) is 17.2. The average Bonchev–Trinajstić information content (AvgIpc) is 2.74. The van der Waals surface area contributed by atoms with Crippen molar-refractivity contribution >= 4 is 5.78 Å². The highest BCUT2D eigenvalue weighted by atomic mass is 16.5. The van der Waals surface area contributed by atoms with Gasteiger partial charge in [0.15, 0.2) is 0 Å². The number of hydrogen-bond acceptors (Lipinski definition) is 7. The second-order valence-corrected chi connectivity index (χ2v) is 8.38. The molecule has 0 aliphatic carbocycles. The molecule has 0 fully saturated rings. The molecule has 0 aliphatic heterocycles. The van der Waals surface area contributed by atoms with Gasteiger partial charge in [-0.05, 0) is 25.0 Å². The molecule has 176 valence electrons. The van der Waals surface area contributed by atoms with Crippen molar-refractivity contribution in [3.8, 4) is 0 Å². The highest BCUT2D eigenvalue weighted by Gasteiger charge is 2.40. The number of carbonyl (C=O) groups excluding carboxylic acids is 1. The van der Waals surface area contributed by atoms with Gasteiger partial charge in [-0.1, -0.05) is 60.7 Å². The zero-order valence-electron chi connectivity index (χ0n) is 18.7. The largest absolute Gasteiger partial charge is 0.394 e. The lowest BCUT2D eigenvalue weighted by atomic mass is 9.82. The quantitative estimate of drug-likeness (QED) is 0.352. The molecule has 32 heavy (non-hydrogen) atoms. The SMILES string of the molecule is CC(O)(CC(=O)CC(C)(O)C(OCCO)c1ccccc1)C(OCCO)c1ccccc1. The summed E-state index contributed by atoms with van der Waals surface area (Å²) in [4.78, 5) is 13.0. The Morgan fingerprint density at radius 1 is 0.750 bits per heavy atom. The second kappa shape index (κ2) is 12.2. The van der Waals surface area contributed by atoms with Gasteiger partial charge in [-0.3, -0.25) is 4.79 Å². The molecule has 2 rings (SSSR count). The number of benzene rings is 2. The molecule has 7 nitrogen and oxygen atoms in total. The Morgan fingerprint density at radius 2 is 1.09 bits per heavy atom. The summed E-state index contributed by atoms with van der Waals surface area (Å²) in [6.45, 7) is 2.59. The minimum absolute atomic E-state index is 0.00664. The maximum Gasteiger partial charge on any atom is 0.138 e. The third-order valence-electron chi connectivity index (χ3n) is 5.20. The fourth-order valence-corrected chi connectivity index (χ4v) is 3.91. The first kappa shape index (κ1) is 26.1. The standard InChI is InChI=1S/C25H34O7/c1-24(29,22(31-15-13-26)19-9-5-3-6-10-19)17-21(28)18-25(2,30)23(32-16-14-27)20-11-7-4-8-12-20/h3-12,22-23,26-27,29-30H,13-18H2,1-2H3. The van der Waals surface area contributed by atoms with E-state index >= 15 is 0 Å². The first-order valence-corrected chi connectivity index (χ1v) is 10.7. The van der Waals surface area contributed by atoms with Crippen LogP contribution < -0.4 is 0 Å². The van der Waals surface area contributed by atoms with Gasteiger partial charge in [0, 0.05) is 12.8 Å². The van der Waals surface area contributed by atoms with Crippen molar-refractivity contribution in [2.75, 3.05) is 26.4 Å². The van der Waals surface area contributed by atoms with Gasteiger partial charge in [0.2, 0.25) is 0 Å². The summed E-state index contributed by atoms with van der Waals surface area (Å²) in [6.07, 6.45) is -2.20. The zero-order valence-corrected chi connectivity index (χ0v) is 18.7. The number of hydrogen-bond donors (Lipinski definition) is 4. The maximum absolute atomic E-state index is 13.0. The van der Waals surface area contributed by atoms with Crippen LogP contribution in [0.5, 0.6) is 0 Å². The van der Waals surface area contributed by atoms with Crippen LogP contribution in [0.2, 0.25) is 0 Å². The van der Waals surface area contributed by atoms with Crippen molar-refractivity contribution in [2.45, 2.75) is 50.1 Å². The van der Waals surface area contributed by atoms with E-state index in [1.807, 2.05) is 12.1 Å². The highest BCUT2D eigenvalue weighted by Crippen LogP contribution is 2.36. The van der Waals surface area contributed by atoms with Crippen LogP contribution in [-0.4, -0.2) is 63.8 Å². The number of rotatable bonds is 14. The lowest BCUT2D eigenvalue weighted by molar-refractivity contribution is -0.149. The fourth-order valence-electron chi connectivity index (χ4n) is 3.91. The van der Waals surface area contributed by atoms with Crippen LogP contribution in [-0.2, 0) is 14.3 Å². The van der Waals surface area contributed by atoms with Gasteiger partial charge in [-0.25, -0.2) is 0 Å². The van der Waals surface area contributed by atoms with Crippen molar-refractivity contribution < 1.29 is 34.7 Å². The molecule has 4 N–H and O–H groups in total. The molecule has 0 saturated heterocycles. The maximum atomic E-state index is 13.0. The molecule has 0 saturated carbocycles. The van der Waals surface area contributed by atoms with E-state index in [0.717, 1.165) is 0 Å². The zero-order chi connectivity index (χ0) is 23.6. The third-order valence-corrected chi connectivity index (χ3v) is 5.20. The topological polar surface area (TPSA) is 116 Å². The Bertz CT molecular complexity index is 738. The van der Waals surface area contributed by atoms with E-state index in [4.69, 9.17) is 19.7 Å². The number of Topliss-reactive ketones (excluding diaryl/α,β-unsaturated/α-hetero) is 1. The molecule has 4 atom stereocenters. The fraction of sp³-hybridized carbons (Fsp3) is 0.480. The van der Waals surface area contributed by atoms with Crippen LogP contribution in [0.15, 0.2) is 60.7 Å². The number of aliphatic hydroxyl groups excluding tert-OH is 2. The van der Waals surface area contributed by atoms with Crippen molar-refractivity contribution in [1.29, 1.82) is 0 Å². The Morgan fingerprint density at radius 3 is 1.41 bits per heavy atom. The third kappa shape index (κ3) is 7.48. The Kier molecular flexibility index (Phi) is 9.96. The molecule has 2 aromatic rings. The minimum atomic E-state index is -1.57. The van der Waals surface area contributed by atoms with Crippen molar-refractivity contribution in [2.24, 2.45) is 0 Å². The number of aliphatic hydroxyl groups is 4. The van der Waals surface area contributed by atoms with Crippen LogP contribution in [0.3, 0.4) is 0 Å². The summed E-state index contributed by atoms with van der Waals surface area (Å²) < 4.78 is 11.4. The number of ether oxygens (including phenoxy) is 2. The predicted octanol–water partition coefficient (Wildman–Crippen LogP) is 2.34. The lowest BCUT2D eigenvalue weighted by Crippen LogP contribution is -2.41. The second-order valence-electron chi connectivity index (χ2n) is 8.38. The summed E-state index contributed by atoms with van der Waals surface area (Å²) in [5.41, 5.74) is -1.78. The molecule has 0 aliphatic rings. The molecular formula is C25H34O7. The number of ketones is 1. The van der Waals surface area contributed by atoms with Crippen LogP contribution >= 0.6 is 0 Å². The number of carbonyl (C=O) groups is 1. The van der Waals surface area contributed by atoms with Gasteiger partial charge in [0.05, 0.1) is 37.6 Å². The van der Waals surface area contributed by atoms with Crippen LogP contribution in [0.4, 0.5) is 0 Å². The first-order chi connectivity index (χ1) is 15.2. The lowest BCUT2D eigenvalue weighted by Gasteiger charge is -2.35. The van der Waals surface area contributed by atoms with Gasteiger partial charge in [0.1, 0.15) is 18.0 Å². The average molecular weight is 447 g/mol. The molecule has 0 bridgehead atoms. The molecule has 2 aromatic carbocycles. The van der Waals surface area contributed by atoms with Gasteiger partial charge in [0.25, 0.3) is 0 Å². The summed E-state index contributed by atoms with van der Waals surface area (Å²) in [7, 11) is 0. The summed E-state index contributed by atoms with van der Waals surface area (Å²) >= 11 is 0. The van der Waals surface area contributed by atoms with E-state index in [1.54, 1.807) is 48.5 Å². The Hall–Kier alpha value is -2.13. The van der Waals surface area contributed by atoms with E-state index in [9.17, 15) is 15.0 Å². The van der Waals surface area contributed by atoms with Crippen molar-refractivity contribution in [3.05, 3.63) is 71.8 Å². The molecule has 0 amide bonds.